The van der Waals surface area contributed by atoms with E-state index in [1.807, 2.05) is 24.4 Å². The summed E-state index contributed by atoms with van der Waals surface area (Å²) < 4.78 is 7.32. The van der Waals surface area contributed by atoms with Gasteiger partial charge in [-0.05, 0) is 56.7 Å². The Kier molecular flexibility index (Phi) is 6.66. The maximum atomic E-state index is 12.4. The van der Waals surface area contributed by atoms with E-state index in [0.717, 1.165) is 27.6 Å². The van der Waals surface area contributed by atoms with Gasteiger partial charge in [-0.1, -0.05) is 18.7 Å². The topological polar surface area (TPSA) is 110 Å². The molecule has 0 saturated carbocycles. The van der Waals surface area contributed by atoms with Crippen LogP contribution in [0.1, 0.15) is 26.3 Å². The SMILES string of the molecule is C=CC(=O)Nc1cncc(-c2cnc3c(c2)c(-c2cccc(C#N)c2)cn3COC(=O)C(C)(C)C)c1. The number of ether oxygens (including phenoxy) is 1. The predicted octanol–water partition coefficient (Wildman–Crippen LogP) is 5.31. The van der Waals surface area contributed by atoms with E-state index >= 15 is 0 Å². The van der Waals surface area contributed by atoms with Crippen molar-refractivity contribution in [3.63, 3.8) is 0 Å². The van der Waals surface area contributed by atoms with Crippen LogP contribution in [-0.4, -0.2) is 26.4 Å². The highest BCUT2D eigenvalue weighted by Gasteiger charge is 2.23. The number of carbonyl (C=O) groups is 2. The maximum Gasteiger partial charge on any atom is 0.312 e. The number of nitrogens with zero attached hydrogens (tertiary/aromatic N) is 4. The van der Waals surface area contributed by atoms with Crippen LogP contribution in [0.5, 0.6) is 0 Å². The highest BCUT2D eigenvalue weighted by molar-refractivity contribution is 5.99. The lowest BCUT2D eigenvalue weighted by Gasteiger charge is -2.17. The molecule has 8 nitrogen and oxygen atoms in total. The number of hydrogen-bond donors (Lipinski definition) is 1. The van der Waals surface area contributed by atoms with Crippen LogP contribution in [0, 0.1) is 16.7 Å². The number of nitriles is 1. The van der Waals surface area contributed by atoms with Gasteiger partial charge in [-0.15, -0.1) is 0 Å². The third-order valence-electron chi connectivity index (χ3n) is 5.49. The van der Waals surface area contributed by atoms with E-state index in [4.69, 9.17) is 4.74 Å². The van der Waals surface area contributed by atoms with Gasteiger partial charge in [-0.2, -0.15) is 5.26 Å². The Labute approximate surface area is 208 Å². The number of esters is 1. The number of benzene rings is 1. The zero-order valence-electron chi connectivity index (χ0n) is 20.3. The second-order valence-corrected chi connectivity index (χ2v) is 9.27. The van der Waals surface area contributed by atoms with Gasteiger partial charge in [0.2, 0.25) is 5.91 Å². The van der Waals surface area contributed by atoms with Crippen molar-refractivity contribution in [1.29, 1.82) is 5.26 Å². The Morgan fingerprint density at radius 3 is 2.64 bits per heavy atom. The lowest BCUT2D eigenvalue weighted by Crippen LogP contribution is -2.23. The molecule has 4 rings (SSSR count). The van der Waals surface area contributed by atoms with Crippen molar-refractivity contribution in [3.05, 3.63) is 79.4 Å². The van der Waals surface area contributed by atoms with E-state index in [0.29, 0.717) is 16.9 Å². The van der Waals surface area contributed by atoms with Crippen molar-refractivity contribution < 1.29 is 14.3 Å². The smallest absolute Gasteiger partial charge is 0.312 e. The lowest BCUT2D eigenvalue weighted by molar-refractivity contribution is -0.156. The van der Waals surface area contributed by atoms with E-state index in [1.54, 1.807) is 62.1 Å². The Bertz CT molecular complexity index is 1520. The third-order valence-corrected chi connectivity index (χ3v) is 5.49. The predicted molar refractivity (Wildman–Crippen MR) is 137 cm³/mol. The van der Waals surface area contributed by atoms with Crippen molar-refractivity contribution in [2.24, 2.45) is 5.41 Å². The highest BCUT2D eigenvalue weighted by atomic mass is 16.5. The monoisotopic (exact) mass is 479 g/mol. The molecule has 3 aromatic heterocycles. The molecule has 36 heavy (non-hydrogen) atoms. The quantitative estimate of drug-likeness (QED) is 0.296. The van der Waals surface area contributed by atoms with Gasteiger partial charge >= 0.3 is 5.97 Å². The van der Waals surface area contributed by atoms with Crippen molar-refractivity contribution in [1.82, 2.24) is 14.5 Å². The van der Waals surface area contributed by atoms with Crippen LogP contribution in [0.4, 0.5) is 5.69 Å². The fourth-order valence-corrected chi connectivity index (χ4v) is 3.62. The molecule has 0 aliphatic rings. The first kappa shape index (κ1) is 24.4. The standard InChI is InChI=1S/C28H25N5O3/c1-5-25(34)32-22-10-20(13-30-15-22)21-11-23-24(19-8-6-7-18(9-19)12-29)16-33(26(23)31-14-21)17-36-27(35)28(2,3)4/h5-11,13-16H,1,17H2,2-4H3,(H,32,34). The molecule has 0 saturated heterocycles. The van der Waals surface area contributed by atoms with Crippen LogP contribution in [-0.2, 0) is 21.1 Å². The molecular formula is C28H25N5O3. The van der Waals surface area contributed by atoms with Crippen LogP contribution in [0.3, 0.4) is 0 Å². The maximum absolute atomic E-state index is 12.4. The molecule has 0 atom stereocenters. The molecule has 8 heteroatoms. The summed E-state index contributed by atoms with van der Waals surface area (Å²) in [6.45, 7) is 8.86. The first-order chi connectivity index (χ1) is 17.2. The summed E-state index contributed by atoms with van der Waals surface area (Å²) in [4.78, 5) is 33.0. The van der Waals surface area contributed by atoms with Gasteiger partial charge in [-0.3, -0.25) is 19.1 Å². The van der Waals surface area contributed by atoms with E-state index < -0.39 is 5.41 Å². The second-order valence-electron chi connectivity index (χ2n) is 9.27. The van der Waals surface area contributed by atoms with Gasteiger partial charge in [0.15, 0.2) is 6.73 Å². The summed E-state index contributed by atoms with van der Waals surface area (Å²) in [7, 11) is 0. The Morgan fingerprint density at radius 2 is 1.92 bits per heavy atom. The molecule has 0 unspecified atom stereocenters. The molecule has 0 radical (unpaired) electrons. The van der Waals surface area contributed by atoms with Crippen molar-refractivity contribution in [3.8, 4) is 28.3 Å². The summed E-state index contributed by atoms with van der Waals surface area (Å²) in [5.41, 5.74) is 4.28. The molecule has 0 fully saturated rings. The first-order valence-corrected chi connectivity index (χ1v) is 11.2. The average molecular weight is 480 g/mol. The van der Waals surface area contributed by atoms with Crippen LogP contribution in [0.25, 0.3) is 33.3 Å². The van der Waals surface area contributed by atoms with Crippen LogP contribution in [0.15, 0.2) is 73.8 Å². The molecule has 0 aliphatic heterocycles. The zero-order valence-corrected chi connectivity index (χ0v) is 20.3. The normalized spacial score (nSPS) is 11.1. The summed E-state index contributed by atoms with van der Waals surface area (Å²) in [6, 6.07) is 13.2. The summed E-state index contributed by atoms with van der Waals surface area (Å²) in [5.74, 6) is -0.650. The van der Waals surface area contributed by atoms with E-state index in [9.17, 15) is 14.9 Å². The number of amides is 1. The number of pyridine rings is 2. The number of nitrogens with one attached hydrogen (secondary N) is 1. The molecule has 1 aromatic carbocycles. The molecule has 4 aromatic rings. The zero-order chi connectivity index (χ0) is 25.9. The molecule has 1 amide bonds. The minimum atomic E-state index is -0.632. The second kappa shape index (κ2) is 9.84. The van der Waals surface area contributed by atoms with Gasteiger partial charge in [0.1, 0.15) is 5.65 Å². The molecule has 3 heterocycles. The number of hydrogen-bond acceptors (Lipinski definition) is 6. The fraction of sp³-hybridized carbons (Fsp3) is 0.179. The highest BCUT2D eigenvalue weighted by Crippen LogP contribution is 2.33. The van der Waals surface area contributed by atoms with E-state index in [2.05, 4.69) is 27.9 Å². The molecule has 1 N–H and O–H groups in total. The molecule has 0 spiro atoms. The minimum Gasteiger partial charge on any atom is -0.443 e. The van der Waals surface area contributed by atoms with E-state index in [1.165, 1.54) is 6.08 Å². The van der Waals surface area contributed by atoms with Crippen LogP contribution >= 0.6 is 0 Å². The first-order valence-electron chi connectivity index (χ1n) is 11.2. The summed E-state index contributed by atoms with van der Waals surface area (Å²) >= 11 is 0. The fourth-order valence-electron chi connectivity index (χ4n) is 3.62. The van der Waals surface area contributed by atoms with Gasteiger partial charge in [0.25, 0.3) is 0 Å². The minimum absolute atomic E-state index is 0.00150. The number of fused-ring (bicyclic) bond motifs is 1. The number of aromatic nitrogens is 3. The molecular weight excluding hydrogens is 454 g/mol. The summed E-state index contributed by atoms with van der Waals surface area (Å²) in [5, 5.41) is 12.9. The Morgan fingerprint density at radius 1 is 1.14 bits per heavy atom. The van der Waals surface area contributed by atoms with Gasteiger partial charge in [0.05, 0.1) is 28.9 Å². The Balaban J connectivity index is 1.81. The number of anilines is 1. The largest absolute Gasteiger partial charge is 0.443 e. The number of carbonyl (C=O) groups excluding carboxylic acids is 2. The number of rotatable bonds is 6. The molecule has 0 aliphatic carbocycles. The molecule has 180 valence electrons. The van der Waals surface area contributed by atoms with E-state index in [-0.39, 0.29) is 18.6 Å². The van der Waals surface area contributed by atoms with Gasteiger partial charge in [-0.25, -0.2) is 4.98 Å². The van der Waals surface area contributed by atoms with Crippen LogP contribution in [0.2, 0.25) is 0 Å². The third kappa shape index (κ3) is 5.15. The summed E-state index contributed by atoms with van der Waals surface area (Å²) in [6.07, 6.45) is 8.00. The van der Waals surface area contributed by atoms with Crippen molar-refractivity contribution >= 4 is 28.6 Å². The Hall–Kier alpha value is -4.77. The van der Waals surface area contributed by atoms with Gasteiger partial charge < -0.3 is 10.1 Å². The van der Waals surface area contributed by atoms with Gasteiger partial charge in [0, 0.05) is 40.7 Å². The van der Waals surface area contributed by atoms with Crippen molar-refractivity contribution in [2.75, 3.05) is 5.32 Å². The lowest BCUT2D eigenvalue weighted by atomic mass is 9.98. The van der Waals surface area contributed by atoms with Crippen LogP contribution < -0.4 is 5.32 Å². The molecule has 0 bridgehead atoms. The average Bonchev–Trinajstić information content (AvgIpc) is 3.24. The van der Waals surface area contributed by atoms with Crippen molar-refractivity contribution in [2.45, 2.75) is 27.5 Å².